The average molecular weight is 180 g/mol. The zero-order valence-electron chi connectivity index (χ0n) is 7.00. The van der Waals surface area contributed by atoms with Gasteiger partial charge in [0.15, 0.2) is 5.67 Å². The standard InChI is InChI=1S/C10H9FO2/c11-10(6-13-7-10)9-3-1-2-8(4-9)5-12/h1-5H,6-7H2. The zero-order valence-corrected chi connectivity index (χ0v) is 7.00. The fourth-order valence-electron chi connectivity index (χ4n) is 1.34. The number of alkyl halides is 1. The molecule has 68 valence electrons. The van der Waals surface area contributed by atoms with Crippen molar-refractivity contribution >= 4 is 6.29 Å². The monoisotopic (exact) mass is 180 g/mol. The van der Waals surface area contributed by atoms with Crippen molar-refractivity contribution < 1.29 is 13.9 Å². The Bertz CT molecular complexity index is 331. The molecule has 0 saturated carbocycles. The van der Waals surface area contributed by atoms with Crippen molar-refractivity contribution in [1.29, 1.82) is 0 Å². The quantitative estimate of drug-likeness (QED) is 0.647. The molecule has 1 saturated heterocycles. The molecule has 0 atom stereocenters. The second-order valence-electron chi connectivity index (χ2n) is 3.20. The van der Waals surface area contributed by atoms with Crippen LogP contribution in [0, 0.1) is 0 Å². The molecule has 1 aliphatic rings. The van der Waals surface area contributed by atoms with E-state index >= 15 is 0 Å². The molecule has 2 rings (SSSR count). The Balaban J connectivity index is 2.34. The van der Waals surface area contributed by atoms with Crippen LogP contribution < -0.4 is 0 Å². The van der Waals surface area contributed by atoms with Crippen LogP contribution in [0.3, 0.4) is 0 Å². The van der Waals surface area contributed by atoms with Gasteiger partial charge in [-0.1, -0.05) is 18.2 Å². The molecule has 1 aromatic rings. The SMILES string of the molecule is O=Cc1cccc(C2(F)COC2)c1. The van der Waals surface area contributed by atoms with Crippen molar-refractivity contribution in [2.75, 3.05) is 13.2 Å². The van der Waals surface area contributed by atoms with E-state index in [4.69, 9.17) is 4.74 Å². The second kappa shape index (κ2) is 2.92. The van der Waals surface area contributed by atoms with E-state index in [-0.39, 0.29) is 13.2 Å². The second-order valence-corrected chi connectivity index (χ2v) is 3.20. The van der Waals surface area contributed by atoms with Gasteiger partial charge in [-0.15, -0.1) is 0 Å². The molecular formula is C10H9FO2. The maximum Gasteiger partial charge on any atom is 0.182 e. The van der Waals surface area contributed by atoms with Gasteiger partial charge < -0.3 is 4.74 Å². The van der Waals surface area contributed by atoms with Crippen LogP contribution in [0.2, 0.25) is 0 Å². The topological polar surface area (TPSA) is 26.3 Å². The third kappa shape index (κ3) is 1.35. The van der Waals surface area contributed by atoms with E-state index in [1.165, 1.54) is 0 Å². The molecule has 0 bridgehead atoms. The van der Waals surface area contributed by atoms with Crippen LogP contribution in [0.15, 0.2) is 24.3 Å². The molecule has 0 aromatic heterocycles. The lowest BCUT2D eigenvalue weighted by atomic mass is 9.93. The van der Waals surface area contributed by atoms with Crippen LogP contribution in [-0.2, 0) is 10.4 Å². The minimum atomic E-state index is -1.38. The van der Waals surface area contributed by atoms with E-state index in [0.29, 0.717) is 17.4 Å². The first-order valence-electron chi connectivity index (χ1n) is 4.07. The first-order chi connectivity index (χ1) is 6.24. The third-order valence-corrected chi connectivity index (χ3v) is 2.20. The molecule has 0 unspecified atom stereocenters. The first kappa shape index (κ1) is 8.38. The molecule has 1 aliphatic heterocycles. The fraction of sp³-hybridized carbons (Fsp3) is 0.300. The summed E-state index contributed by atoms with van der Waals surface area (Å²) in [6, 6.07) is 6.57. The van der Waals surface area contributed by atoms with Gasteiger partial charge in [0.25, 0.3) is 0 Å². The molecule has 0 spiro atoms. The molecule has 13 heavy (non-hydrogen) atoms. The smallest absolute Gasteiger partial charge is 0.182 e. The fourth-order valence-corrected chi connectivity index (χ4v) is 1.34. The summed E-state index contributed by atoms with van der Waals surface area (Å²) in [6.45, 7) is 0.185. The zero-order chi connectivity index (χ0) is 9.31. The molecule has 0 aliphatic carbocycles. The molecule has 1 aromatic carbocycles. The predicted molar refractivity (Wildman–Crippen MR) is 45.4 cm³/mol. The molecule has 2 nitrogen and oxygen atoms in total. The molecule has 1 fully saturated rings. The van der Waals surface area contributed by atoms with Gasteiger partial charge in [0.1, 0.15) is 6.29 Å². The molecule has 1 heterocycles. The van der Waals surface area contributed by atoms with Gasteiger partial charge >= 0.3 is 0 Å². The summed E-state index contributed by atoms with van der Waals surface area (Å²) in [6.07, 6.45) is 0.715. The summed E-state index contributed by atoms with van der Waals surface area (Å²) in [5.41, 5.74) is -0.344. The molecule has 3 heteroatoms. The Labute approximate surface area is 75.3 Å². The summed E-state index contributed by atoms with van der Waals surface area (Å²) < 4.78 is 18.5. The van der Waals surface area contributed by atoms with Gasteiger partial charge in [-0.2, -0.15) is 0 Å². The highest BCUT2D eigenvalue weighted by molar-refractivity contribution is 5.75. The number of rotatable bonds is 2. The first-order valence-corrected chi connectivity index (χ1v) is 4.07. The minimum absolute atomic E-state index is 0.0926. The summed E-state index contributed by atoms with van der Waals surface area (Å²) in [7, 11) is 0. The lowest BCUT2D eigenvalue weighted by Gasteiger charge is -2.34. The lowest BCUT2D eigenvalue weighted by Crippen LogP contribution is -2.42. The predicted octanol–water partition coefficient (Wildman–Crippen LogP) is 1.69. The highest BCUT2D eigenvalue weighted by Gasteiger charge is 2.40. The van der Waals surface area contributed by atoms with Crippen LogP contribution in [-0.4, -0.2) is 19.5 Å². The van der Waals surface area contributed by atoms with Gasteiger partial charge in [-0.05, 0) is 11.6 Å². The van der Waals surface area contributed by atoms with E-state index in [1.54, 1.807) is 24.3 Å². The molecule has 0 radical (unpaired) electrons. The van der Waals surface area contributed by atoms with E-state index < -0.39 is 5.67 Å². The average Bonchev–Trinajstić information content (AvgIpc) is 2.14. The summed E-state index contributed by atoms with van der Waals surface area (Å²) in [5, 5.41) is 0. The van der Waals surface area contributed by atoms with Gasteiger partial charge in [0, 0.05) is 5.56 Å². The van der Waals surface area contributed by atoms with Gasteiger partial charge in [0.2, 0.25) is 0 Å². The summed E-state index contributed by atoms with van der Waals surface area (Å²) in [5.74, 6) is 0. The summed E-state index contributed by atoms with van der Waals surface area (Å²) >= 11 is 0. The summed E-state index contributed by atoms with van der Waals surface area (Å²) in [4.78, 5) is 10.4. The van der Waals surface area contributed by atoms with Gasteiger partial charge in [-0.25, -0.2) is 4.39 Å². The van der Waals surface area contributed by atoms with Crippen LogP contribution >= 0.6 is 0 Å². The molecule has 0 amide bonds. The third-order valence-electron chi connectivity index (χ3n) is 2.20. The number of halogens is 1. The number of carbonyl (C=O) groups is 1. The van der Waals surface area contributed by atoms with Crippen molar-refractivity contribution in [2.24, 2.45) is 0 Å². The number of carbonyl (C=O) groups excluding carboxylic acids is 1. The Morgan fingerprint density at radius 2 is 2.23 bits per heavy atom. The van der Waals surface area contributed by atoms with Crippen molar-refractivity contribution in [2.45, 2.75) is 5.67 Å². The maximum atomic E-state index is 13.7. The molecular weight excluding hydrogens is 171 g/mol. The Kier molecular flexibility index (Phi) is 1.88. The van der Waals surface area contributed by atoms with Crippen molar-refractivity contribution in [3.63, 3.8) is 0 Å². The number of hydrogen-bond donors (Lipinski definition) is 0. The van der Waals surface area contributed by atoms with Crippen molar-refractivity contribution in [3.05, 3.63) is 35.4 Å². The van der Waals surface area contributed by atoms with Gasteiger partial charge in [-0.3, -0.25) is 4.79 Å². The van der Waals surface area contributed by atoms with Crippen LogP contribution in [0.25, 0.3) is 0 Å². The normalized spacial score (nSPS) is 19.2. The highest BCUT2D eigenvalue weighted by Crippen LogP contribution is 2.33. The molecule has 0 N–H and O–H groups in total. The van der Waals surface area contributed by atoms with Crippen molar-refractivity contribution in [1.82, 2.24) is 0 Å². The van der Waals surface area contributed by atoms with Crippen molar-refractivity contribution in [3.8, 4) is 0 Å². The number of aldehydes is 1. The Hall–Kier alpha value is -1.22. The maximum absolute atomic E-state index is 13.7. The van der Waals surface area contributed by atoms with Crippen LogP contribution in [0.1, 0.15) is 15.9 Å². The Morgan fingerprint density at radius 3 is 2.77 bits per heavy atom. The van der Waals surface area contributed by atoms with Crippen LogP contribution in [0.4, 0.5) is 4.39 Å². The minimum Gasteiger partial charge on any atom is -0.374 e. The highest BCUT2D eigenvalue weighted by atomic mass is 19.1. The van der Waals surface area contributed by atoms with E-state index in [1.807, 2.05) is 0 Å². The van der Waals surface area contributed by atoms with E-state index in [2.05, 4.69) is 0 Å². The van der Waals surface area contributed by atoms with Crippen LogP contribution in [0.5, 0.6) is 0 Å². The Morgan fingerprint density at radius 1 is 1.46 bits per heavy atom. The number of hydrogen-bond acceptors (Lipinski definition) is 2. The van der Waals surface area contributed by atoms with Gasteiger partial charge in [0.05, 0.1) is 13.2 Å². The largest absolute Gasteiger partial charge is 0.374 e. The number of benzene rings is 1. The lowest BCUT2D eigenvalue weighted by molar-refractivity contribution is -0.135. The van der Waals surface area contributed by atoms with E-state index in [9.17, 15) is 9.18 Å². The number of ether oxygens (including phenoxy) is 1. The van der Waals surface area contributed by atoms with E-state index in [0.717, 1.165) is 0 Å².